The molecule has 1 aromatic carbocycles. The number of para-hydroxylation sites is 1. The number of carbonyl (C=O) groups excluding carboxylic acids is 1. The van der Waals surface area contributed by atoms with E-state index in [9.17, 15) is 9.90 Å². The molecule has 0 bridgehead atoms. The molecule has 2 fully saturated rings. The number of carbonyl (C=O) groups is 1. The van der Waals surface area contributed by atoms with Crippen LogP contribution in [0.1, 0.15) is 33.1 Å². The normalized spacial score (nSPS) is 24.8. The van der Waals surface area contributed by atoms with Gasteiger partial charge in [0.15, 0.2) is 0 Å². The van der Waals surface area contributed by atoms with E-state index in [0.29, 0.717) is 6.04 Å². The fourth-order valence-corrected chi connectivity index (χ4v) is 4.09. The first-order valence-corrected chi connectivity index (χ1v) is 9.04. The van der Waals surface area contributed by atoms with E-state index in [1.54, 1.807) is 0 Å². The van der Waals surface area contributed by atoms with Crippen molar-refractivity contribution in [3.63, 3.8) is 0 Å². The molecule has 5 nitrogen and oxygen atoms in total. The molecule has 3 rings (SSSR count). The van der Waals surface area contributed by atoms with Crippen LogP contribution in [0.15, 0.2) is 30.3 Å². The molecule has 2 N–H and O–H groups in total. The number of benzene rings is 1. The second kappa shape index (κ2) is 7.21. The molecule has 1 atom stereocenters. The summed E-state index contributed by atoms with van der Waals surface area (Å²) in [4.78, 5) is 17.0. The summed E-state index contributed by atoms with van der Waals surface area (Å²) < 4.78 is 0. The molecule has 5 heteroatoms. The van der Waals surface area contributed by atoms with Gasteiger partial charge in [-0.3, -0.25) is 9.69 Å². The van der Waals surface area contributed by atoms with Gasteiger partial charge >= 0.3 is 0 Å². The Kier molecular flexibility index (Phi) is 5.23. The molecule has 132 valence electrons. The monoisotopic (exact) mass is 331 g/mol. The van der Waals surface area contributed by atoms with Gasteiger partial charge in [0.25, 0.3) is 0 Å². The zero-order chi connectivity index (χ0) is 17.2. The summed E-state index contributed by atoms with van der Waals surface area (Å²) in [5.41, 5.74) is 0.805. The predicted octanol–water partition coefficient (Wildman–Crippen LogP) is 1.62. The van der Waals surface area contributed by atoms with Gasteiger partial charge in [-0.2, -0.15) is 0 Å². The summed E-state index contributed by atoms with van der Waals surface area (Å²) in [5, 5.41) is 13.4. The van der Waals surface area contributed by atoms with Crippen molar-refractivity contribution in [3.8, 4) is 0 Å². The molecule has 24 heavy (non-hydrogen) atoms. The maximum Gasteiger partial charge on any atom is 0.244 e. The maximum atomic E-state index is 12.8. The Morgan fingerprint density at radius 3 is 2.46 bits per heavy atom. The number of anilines is 1. The largest absolute Gasteiger partial charge is 0.394 e. The first kappa shape index (κ1) is 17.4. The highest BCUT2D eigenvalue weighted by Gasteiger charge is 2.41. The van der Waals surface area contributed by atoms with Gasteiger partial charge in [0.2, 0.25) is 5.91 Å². The van der Waals surface area contributed by atoms with E-state index < -0.39 is 0 Å². The van der Waals surface area contributed by atoms with Crippen LogP contribution in [0.5, 0.6) is 0 Å². The Morgan fingerprint density at radius 1 is 1.21 bits per heavy atom. The highest BCUT2D eigenvalue weighted by atomic mass is 16.3. The van der Waals surface area contributed by atoms with E-state index in [2.05, 4.69) is 24.1 Å². The van der Waals surface area contributed by atoms with E-state index in [4.69, 9.17) is 0 Å². The van der Waals surface area contributed by atoms with Crippen LogP contribution in [0, 0.1) is 0 Å². The molecule has 2 saturated heterocycles. The predicted molar refractivity (Wildman–Crippen MR) is 96.1 cm³/mol. The van der Waals surface area contributed by atoms with Crippen molar-refractivity contribution in [1.82, 2.24) is 10.2 Å². The molecule has 2 heterocycles. The Bertz CT molecular complexity index is 553. The van der Waals surface area contributed by atoms with Gasteiger partial charge in [-0.05, 0) is 31.4 Å². The van der Waals surface area contributed by atoms with Crippen molar-refractivity contribution in [1.29, 1.82) is 0 Å². The molecule has 0 saturated carbocycles. The Labute approximate surface area is 144 Å². The van der Waals surface area contributed by atoms with Crippen molar-refractivity contribution >= 4 is 11.6 Å². The summed E-state index contributed by atoms with van der Waals surface area (Å²) in [5.74, 6) is 0.217. The van der Waals surface area contributed by atoms with E-state index in [1.807, 2.05) is 35.2 Å². The standard InChI is InChI=1S/C19H29N3O2/c1-15(2)20-19(14-23)9-12-21(13-10-19)17-8-11-22(18(17)24)16-6-4-3-5-7-16/h3-7,15,17,20,23H,8-14H2,1-2H3. The number of hydrogen-bond acceptors (Lipinski definition) is 4. The molecule has 0 aromatic heterocycles. The average Bonchev–Trinajstić information content (AvgIpc) is 2.97. The fraction of sp³-hybridized carbons (Fsp3) is 0.632. The number of hydrogen-bond donors (Lipinski definition) is 2. The van der Waals surface area contributed by atoms with Crippen molar-refractivity contribution < 1.29 is 9.90 Å². The van der Waals surface area contributed by atoms with Crippen LogP contribution >= 0.6 is 0 Å². The van der Waals surface area contributed by atoms with E-state index in [1.165, 1.54) is 0 Å². The first-order valence-electron chi connectivity index (χ1n) is 9.04. The Morgan fingerprint density at radius 2 is 1.88 bits per heavy atom. The zero-order valence-corrected chi connectivity index (χ0v) is 14.7. The van der Waals surface area contributed by atoms with Crippen LogP contribution in [0.25, 0.3) is 0 Å². The summed E-state index contributed by atoms with van der Waals surface area (Å²) >= 11 is 0. The Hall–Kier alpha value is -1.43. The number of likely N-dealkylation sites (tertiary alicyclic amines) is 1. The fourth-order valence-electron chi connectivity index (χ4n) is 4.09. The lowest BCUT2D eigenvalue weighted by Gasteiger charge is -2.44. The van der Waals surface area contributed by atoms with E-state index in [-0.39, 0.29) is 24.1 Å². The molecule has 0 aliphatic carbocycles. The number of amides is 1. The third-order valence-electron chi connectivity index (χ3n) is 5.34. The van der Waals surface area contributed by atoms with Gasteiger partial charge in [-0.1, -0.05) is 32.0 Å². The van der Waals surface area contributed by atoms with Gasteiger partial charge in [0, 0.05) is 36.9 Å². The second-order valence-electron chi connectivity index (χ2n) is 7.40. The maximum absolute atomic E-state index is 12.8. The van der Waals surface area contributed by atoms with Crippen molar-refractivity contribution in [2.75, 3.05) is 31.1 Å². The molecular formula is C19H29N3O2. The molecule has 2 aliphatic rings. The molecule has 0 spiro atoms. The molecule has 1 aromatic rings. The van der Waals surface area contributed by atoms with Gasteiger partial charge in [0.05, 0.1) is 12.6 Å². The molecule has 2 aliphatic heterocycles. The zero-order valence-electron chi connectivity index (χ0n) is 14.7. The molecular weight excluding hydrogens is 302 g/mol. The highest BCUT2D eigenvalue weighted by Crippen LogP contribution is 2.29. The van der Waals surface area contributed by atoms with Crippen molar-refractivity contribution in [3.05, 3.63) is 30.3 Å². The van der Waals surface area contributed by atoms with Crippen LogP contribution in [0.4, 0.5) is 5.69 Å². The number of rotatable bonds is 5. The molecule has 0 radical (unpaired) electrons. The van der Waals surface area contributed by atoms with Crippen LogP contribution in [-0.4, -0.2) is 59.8 Å². The van der Waals surface area contributed by atoms with E-state index in [0.717, 1.165) is 44.6 Å². The summed E-state index contributed by atoms with van der Waals surface area (Å²) in [6, 6.07) is 10.3. The quantitative estimate of drug-likeness (QED) is 0.861. The minimum absolute atomic E-state index is 0.0130. The average molecular weight is 331 g/mol. The van der Waals surface area contributed by atoms with Crippen LogP contribution in [-0.2, 0) is 4.79 Å². The lowest BCUT2D eigenvalue weighted by molar-refractivity contribution is -0.122. The highest BCUT2D eigenvalue weighted by molar-refractivity contribution is 5.99. The summed E-state index contributed by atoms with van der Waals surface area (Å²) in [6.07, 6.45) is 2.66. The lowest BCUT2D eigenvalue weighted by Crippen LogP contribution is -2.59. The topological polar surface area (TPSA) is 55.8 Å². The minimum atomic E-state index is -0.189. The molecule has 1 unspecified atom stereocenters. The van der Waals surface area contributed by atoms with Crippen molar-refractivity contribution in [2.24, 2.45) is 0 Å². The number of nitrogens with zero attached hydrogens (tertiary/aromatic N) is 2. The van der Waals surface area contributed by atoms with Crippen LogP contribution < -0.4 is 10.2 Å². The van der Waals surface area contributed by atoms with Gasteiger partial charge in [-0.25, -0.2) is 0 Å². The molecule has 1 amide bonds. The second-order valence-corrected chi connectivity index (χ2v) is 7.40. The van der Waals surface area contributed by atoms with Gasteiger partial charge < -0.3 is 15.3 Å². The number of aliphatic hydroxyl groups excluding tert-OH is 1. The summed E-state index contributed by atoms with van der Waals surface area (Å²) in [7, 11) is 0. The first-order chi connectivity index (χ1) is 11.5. The Balaban J connectivity index is 1.62. The summed E-state index contributed by atoms with van der Waals surface area (Å²) in [6.45, 7) is 6.90. The number of aliphatic hydroxyl groups is 1. The lowest BCUT2D eigenvalue weighted by atomic mass is 9.86. The smallest absolute Gasteiger partial charge is 0.244 e. The van der Waals surface area contributed by atoms with Gasteiger partial charge in [0.1, 0.15) is 0 Å². The minimum Gasteiger partial charge on any atom is -0.394 e. The number of nitrogens with one attached hydrogen (secondary N) is 1. The van der Waals surface area contributed by atoms with Crippen LogP contribution in [0.2, 0.25) is 0 Å². The van der Waals surface area contributed by atoms with Crippen molar-refractivity contribution in [2.45, 2.75) is 50.7 Å². The number of piperidine rings is 1. The third kappa shape index (κ3) is 3.48. The van der Waals surface area contributed by atoms with Gasteiger partial charge in [-0.15, -0.1) is 0 Å². The SMILES string of the molecule is CC(C)NC1(CO)CCN(C2CCN(c3ccccc3)C2=O)CC1. The van der Waals surface area contributed by atoms with Crippen LogP contribution in [0.3, 0.4) is 0 Å². The van der Waals surface area contributed by atoms with E-state index >= 15 is 0 Å². The third-order valence-corrected chi connectivity index (χ3v) is 5.34.